The summed E-state index contributed by atoms with van der Waals surface area (Å²) in [4.78, 5) is 18.0. The average molecular weight is 412 g/mol. The minimum absolute atomic E-state index is 0.0534. The normalized spacial score (nSPS) is 34.1. The van der Waals surface area contributed by atoms with Gasteiger partial charge in [0.1, 0.15) is 5.75 Å². The molecule has 4 saturated carbocycles. The summed E-state index contributed by atoms with van der Waals surface area (Å²) in [5, 5.41) is 3.58. The van der Waals surface area contributed by atoms with E-state index in [4.69, 9.17) is 4.74 Å². The molecule has 5 heteroatoms. The van der Waals surface area contributed by atoms with Crippen molar-refractivity contribution < 1.29 is 9.53 Å². The van der Waals surface area contributed by atoms with E-state index in [1.54, 1.807) is 0 Å². The van der Waals surface area contributed by atoms with Crippen LogP contribution in [0.5, 0.6) is 5.75 Å². The van der Waals surface area contributed by atoms with E-state index in [9.17, 15) is 4.79 Å². The third-order valence-corrected chi connectivity index (χ3v) is 8.17. The molecule has 0 radical (unpaired) electrons. The molecule has 30 heavy (non-hydrogen) atoms. The van der Waals surface area contributed by atoms with Gasteiger partial charge in [0.2, 0.25) is 5.91 Å². The first-order valence-electron chi connectivity index (χ1n) is 12.1. The second-order valence-corrected chi connectivity index (χ2v) is 10.3. The van der Waals surface area contributed by atoms with Crippen LogP contribution in [0, 0.1) is 17.8 Å². The number of anilines is 1. The van der Waals surface area contributed by atoms with E-state index in [1.807, 2.05) is 19.1 Å². The number of carbonyl (C=O) groups is 1. The largest absolute Gasteiger partial charge is 0.492 e. The lowest BCUT2D eigenvalue weighted by molar-refractivity contribution is -0.131. The highest BCUT2D eigenvalue weighted by Gasteiger charge is 2.51. The van der Waals surface area contributed by atoms with E-state index >= 15 is 0 Å². The summed E-state index contributed by atoms with van der Waals surface area (Å²) < 4.78 is 5.82. The van der Waals surface area contributed by atoms with Gasteiger partial charge in [-0.2, -0.15) is 0 Å². The Morgan fingerprint density at radius 2 is 1.67 bits per heavy atom. The Kier molecular flexibility index (Phi) is 5.42. The van der Waals surface area contributed by atoms with Crippen molar-refractivity contribution in [2.75, 3.05) is 37.7 Å². The maximum Gasteiger partial charge on any atom is 0.237 e. The number of hydrogen-bond donors (Lipinski definition) is 1. The van der Waals surface area contributed by atoms with Crippen molar-refractivity contribution in [3.05, 3.63) is 24.3 Å². The predicted octanol–water partition coefficient (Wildman–Crippen LogP) is 3.68. The van der Waals surface area contributed by atoms with E-state index in [0.29, 0.717) is 6.61 Å². The highest BCUT2D eigenvalue weighted by atomic mass is 16.5. The maximum absolute atomic E-state index is 13.2. The predicted molar refractivity (Wildman–Crippen MR) is 120 cm³/mol. The number of piperazine rings is 1. The van der Waals surface area contributed by atoms with Crippen molar-refractivity contribution in [2.45, 2.75) is 64.0 Å². The highest BCUT2D eigenvalue weighted by molar-refractivity contribution is 5.82. The number of hydrogen-bond acceptors (Lipinski definition) is 4. The first-order chi connectivity index (χ1) is 14.5. The number of amides is 1. The van der Waals surface area contributed by atoms with Crippen LogP contribution in [0.4, 0.5) is 5.69 Å². The molecule has 1 aromatic rings. The summed E-state index contributed by atoms with van der Waals surface area (Å²) in [6.45, 7) is 8.49. The van der Waals surface area contributed by atoms with Crippen LogP contribution >= 0.6 is 0 Å². The lowest BCUT2D eigenvalue weighted by atomic mass is 9.53. The Bertz CT molecular complexity index is 736. The Morgan fingerprint density at radius 3 is 2.27 bits per heavy atom. The van der Waals surface area contributed by atoms with Gasteiger partial charge < -0.3 is 15.0 Å². The molecule has 0 unspecified atom stereocenters. The lowest BCUT2D eigenvalue weighted by Crippen LogP contribution is -2.63. The van der Waals surface area contributed by atoms with Crippen molar-refractivity contribution in [1.29, 1.82) is 0 Å². The molecule has 164 valence electrons. The molecule has 5 fully saturated rings. The number of rotatable bonds is 6. The van der Waals surface area contributed by atoms with Crippen molar-refractivity contribution in [1.82, 2.24) is 10.2 Å². The molecule has 1 N–H and O–H groups in total. The summed E-state index contributed by atoms with van der Waals surface area (Å²) in [6.07, 6.45) is 7.90. The summed E-state index contributed by atoms with van der Waals surface area (Å²) in [6, 6.07) is 8.24. The van der Waals surface area contributed by atoms with Crippen LogP contribution < -0.4 is 15.0 Å². The zero-order chi connectivity index (χ0) is 20.7. The van der Waals surface area contributed by atoms with E-state index in [1.165, 1.54) is 44.2 Å². The molecular weight excluding hydrogens is 374 g/mol. The zero-order valence-electron chi connectivity index (χ0n) is 18.6. The third kappa shape index (κ3) is 3.81. The van der Waals surface area contributed by atoms with Gasteiger partial charge >= 0.3 is 0 Å². The van der Waals surface area contributed by atoms with E-state index < -0.39 is 0 Å². The summed E-state index contributed by atoms with van der Waals surface area (Å²) >= 11 is 0. The highest BCUT2D eigenvalue weighted by Crippen LogP contribution is 2.55. The average Bonchev–Trinajstić information content (AvgIpc) is 2.73. The van der Waals surface area contributed by atoms with Crippen molar-refractivity contribution in [3.8, 4) is 5.75 Å². The Hall–Kier alpha value is -1.75. The van der Waals surface area contributed by atoms with Gasteiger partial charge in [0, 0.05) is 31.7 Å². The van der Waals surface area contributed by atoms with Crippen molar-refractivity contribution in [2.24, 2.45) is 17.8 Å². The fraction of sp³-hybridized carbons (Fsp3) is 0.720. The molecule has 1 heterocycles. The number of nitrogens with one attached hydrogen (secondary N) is 1. The van der Waals surface area contributed by atoms with E-state index in [-0.39, 0.29) is 17.5 Å². The van der Waals surface area contributed by atoms with Crippen molar-refractivity contribution in [3.63, 3.8) is 0 Å². The Morgan fingerprint density at radius 1 is 1.07 bits per heavy atom. The summed E-state index contributed by atoms with van der Waals surface area (Å²) in [7, 11) is 0. The first-order valence-corrected chi connectivity index (χ1v) is 12.1. The second kappa shape index (κ2) is 8.07. The molecule has 1 amide bonds. The van der Waals surface area contributed by atoms with Crippen LogP contribution in [0.2, 0.25) is 0 Å². The van der Waals surface area contributed by atoms with Gasteiger partial charge in [0.05, 0.1) is 18.3 Å². The fourth-order valence-corrected chi connectivity index (χ4v) is 7.14. The number of carbonyl (C=O) groups excluding carboxylic acids is 1. The molecule has 0 spiro atoms. The van der Waals surface area contributed by atoms with Gasteiger partial charge in [-0.25, -0.2) is 0 Å². The van der Waals surface area contributed by atoms with Crippen LogP contribution in [-0.2, 0) is 4.79 Å². The molecule has 1 saturated heterocycles. The number of para-hydroxylation sites is 2. The topological polar surface area (TPSA) is 44.8 Å². The monoisotopic (exact) mass is 411 g/mol. The van der Waals surface area contributed by atoms with Crippen LogP contribution in [-0.4, -0.2) is 55.2 Å². The van der Waals surface area contributed by atoms with Gasteiger partial charge in [-0.05, 0) is 82.3 Å². The molecule has 5 aliphatic rings. The van der Waals surface area contributed by atoms with E-state index in [2.05, 4.69) is 34.2 Å². The van der Waals surface area contributed by atoms with Gasteiger partial charge in [-0.1, -0.05) is 12.1 Å². The van der Waals surface area contributed by atoms with Crippen LogP contribution in [0.15, 0.2) is 24.3 Å². The summed E-state index contributed by atoms with van der Waals surface area (Å²) in [5.74, 6) is 3.80. The number of ether oxygens (including phenoxy) is 1. The maximum atomic E-state index is 13.2. The zero-order valence-corrected chi connectivity index (χ0v) is 18.6. The van der Waals surface area contributed by atoms with Crippen molar-refractivity contribution >= 4 is 11.6 Å². The Labute approximate surface area is 181 Å². The standard InChI is InChI=1S/C25H37N3O2/c1-3-30-23-7-5-4-6-22(23)28-10-8-27(9-11-28)18(2)24(29)26-25-15-19-12-20(16-25)14-21(13-19)17-25/h4-7,18-21H,3,8-17H2,1-2H3,(H,26,29)/t18-,19?,20?,21?,25?/m0/s1. The molecule has 0 aromatic heterocycles. The van der Waals surface area contributed by atoms with Gasteiger partial charge in [-0.3, -0.25) is 9.69 Å². The molecule has 1 aliphatic heterocycles. The van der Waals surface area contributed by atoms with Gasteiger partial charge in [-0.15, -0.1) is 0 Å². The second-order valence-electron chi connectivity index (χ2n) is 10.3. The number of nitrogens with zero attached hydrogens (tertiary/aromatic N) is 2. The molecule has 5 nitrogen and oxygen atoms in total. The van der Waals surface area contributed by atoms with E-state index in [0.717, 1.165) is 49.7 Å². The minimum Gasteiger partial charge on any atom is -0.492 e. The summed E-state index contributed by atoms with van der Waals surface area (Å²) in [5.41, 5.74) is 1.28. The SMILES string of the molecule is CCOc1ccccc1N1CCN([C@@H](C)C(=O)NC23CC4CC(CC(C4)C2)C3)CC1. The number of benzene rings is 1. The quantitative estimate of drug-likeness (QED) is 0.776. The van der Waals surface area contributed by atoms with Crippen LogP contribution in [0.25, 0.3) is 0 Å². The smallest absolute Gasteiger partial charge is 0.237 e. The fourth-order valence-electron chi connectivity index (χ4n) is 7.14. The molecule has 4 aliphatic carbocycles. The third-order valence-electron chi connectivity index (χ3n) is 8.17. The van der Waals surface area contributed by atoms with Crippen LogP contribution in [0.3, 0.4) is 0 Å². The molecular formula is C25H37N3O2. The molecule has 1 atom stereocenters. The Balaban J connectivity index is 1.18. The lowest BCUT2D eigenvalue weighted by Gasteiger charge is -2.57. The van der Waals surface area contributed by atoms with Gasteiger partial charge in [0.15, 0.2) is 0 Å². The molecule has 1 aromatic carbocycles. The first kappa shape index (κ1) is 20.2. The molecule has 6 rings (SSSR count). The molecule has 4 bridgehead atoms. The van der Waals surface area contributed by atoms with Crippen LogP contribution in [0.1, 0.15) is 52.4 Å². The minimum atomic E-state index is -0.0534. The van der Waals surface area contributed by atoms with Gasteiger partial charge in [0.25, 0.3) is 0 Å².